The van der Waals surface area contributed by atoms with E-state index in [1.807, 2.05) is 0 Å². The van der Waals surface area contributed by atoms with Gasteiger partial charge in [-0.3, -0.25) is 4.79 Å². The molecular weight excluding hydrogens is 282 g/mol. The molecule has 0 bridgehead atoms. The van der Waals surface area contributed by atoms with Gasteiger partial charge in [0.05, 0.1) is 11.5 Å². The average Bonchev–Trinajstić information content (AvgIpc) is 2.55. The number of nitriles is 1. The minimum Gasteiger partial charge on any atom is -0.481 e. The topological polar surface area (TPSA) is 84.6 Å². The van der Waals surface area contributed by atoms with Gasteiger partial charge in [-0.2, -0.15) is 5.26 Å². The SMILES string of the molecule is C=CCC1(C(=O)O)CCN(C(=O)N2CCC(C#N)CC2)CC1. The summed E-state index contributed by atoms with van der Waals surface area (Å²) in [6.45, 7) is 5.82. The molecule has 2 rings (SSSR count). The van der Waals surface area contributed by atoms with Gasteiger partial charge in [0.2, 0.25) is 0 Å². The lowest BCUT2D eigenvalue weighted by Crippen LogP contribution is -2.52. The molecule has 0 atom stereocenters. The predicted octanol–water partition coefficient (Wildman–Crippen LogP) is 2.08. The van der Waals surface area contributed by atoms with Gasteiger partial charge in [0.1, 0.15) is 0 Å². The number of carboxylic acid groups (broad SMARTS) is 1. The third-order valence-corrected chi connectivity index (χ3v) is 4.93. The van der Waals surface area contributed by atoms with Crippen molar-refractivity contribution in [2.75, 3.05) is 26.2 Å². The molecule has 2 saturated heterocycles. The van der Waals surface area contributed by atoms with Gasteiger partial charge in [0.25, 0.3) is 0 Å². The zero-order valence-corrected chi connectivity index (χ0v) is 12.8. The van der Waals surface area contributed by atoms with E-state index >= 15 is 0 Å². The lowest BCUT2D eigenvalue weighted by atomic mass is 9.76. The number of nitrogens with zero attached hydrogens (tertiary/aromatic N) is 3. The van der Waals surface area contributed by atoms with Crippen molar-refractivity contribution in [1.29, 1.82) is 5.26 Å². The Morgan fingerprint density at radius 2 is 1.77 bits per heavy atom. The van der Waals surface area contributed by atoms with Crippen molar-refractivity contribution in [2.24, 2.45) is 11.3 Å². The van der Waals surface area contributed by atoms with E-state index in [0.29, 0.717) is 45.4 Å². The van der Waals surface area contributed by atoms with Crippen LogP contribution in [0.1, 0.15) is 32.1 Å². The second-order valence-corrected chi connectivity index (χ2v) is 6.24. The number of hydrogen-bond donors (Lipinski definition) is 1. The molecule has 0 radical (unpaired) electrons. The highest BCUT2D eigenvalue weighted by Crippen LogP contribution is 2.36. The molecule has 6 nitrogen and oxygen atoms in total. The van der Waals surface area contributed by atoms with Crippen LogP contribution < -0.4 is 0 Å². The fourth-order valence-electron chi connectivity index (χ4n) is 3.31. The summed E-state index contributed by atoms with van der Waals surface area (Å²) in [4.78, 5) is 27.5. The number of hydrogen-bond acceptors (Lipinski definition) is 3. The molecule has 0 aliphatic carbocycles. The van der Waals surface area contributed by atoms with Crippen molar-refractivity contribution in [3.8, 4) is 6.07 Å². The second-order valence-electron chi connectivity index (χ2n) is 6.24. The summed E-state index contributed by atoms with van der Waals surface area (Å²) in [6.07, 6.45) is 4.48. The maximum Gasteiger partial charge on any atom is 0.319 e. The molecule has 2 aliphatic heterocycles. The van der Waals surface area contributed by atoms with Crippen LogP contribution in [0.2, 0.25) is 0 Å². The largest absolute Gasteiger partial charge is 0.481 e. The maximum atomic E-state index is 12.5. The van der Waals surface area contributed by atoms with Crippen LogP contribution in [0.3, 0.4) is 0 Å². The summed E-state index contributed by atoms with van der Waals surface area (Å²) in [6, 6.07) is 2.23. The molecule has 0 aromatic heterocycles. The Labute approximate surface area is 131 Å². The molecule has 0 unspecified atom stereocenters. The highest BCUT2D eigenvalue weighted by atomic mass is 16.4. The van der Waals surface area contributed by atoms with Crippen molar-refractivity contribution in [1.82, 2.24) is 9.80 Å². The molecule has 0 spiro atoms. The van der Waals surface area contributed by atoms with Crippen LogP contribution in [0, 0.1) is 22.7 Å². The first-order valence-electron chi connectivity index (χ1n) is 7.80. The van der Waals surface area contributed by atoms with Crippen LogP contribution in [-0.4, -0.2) is 53.1 Å². The van der Waals surface area contributed by atoms with E-state index in [-0.39, 0.29) is 11.9 Å². The first kappa shape index (κ1) is 16.3. The van der Waals surface area contributed by atoms with Crippen LogP contribution in [0.4, 0.5) is 4.79 Å². The molecule has 0 saturated carbocycles. The normalized spacial score (nSPS) is 22.0. The Morgan fingerprint density at radius 3 is 2.23 bits per heavy atom. The minimum atomic E-state index is -0.797. The summed E-state index contributed by atoms with van der Waals surface area (Å²) < 4.78 is 0. The van der Waals surface area contributed by atoms with E-state index in [4.69, 9.17) is 5.26 Å². The van der Waals surface area contributed by atoms with Crippen molar-refractivity contribution >= 4 is 12.0 Å². The van der Waals surface area contributed by atoms with Crippen molar-refractivity contribution < 1.29 is 14.7 Å². The number of amides is 2. The van der Waals surface area contributed by atoms with E-state index in [1.54, 1.807) is 15.9 Å². The van der Waals surface area contributed by atoms with E-state index in [9.17, 15) is 14.7 Å². The Morgan fingerprint density at radius 1 is 1.23 bits per heavy atom. The van der Waals surface area contributed by atoms with Crippen LogP contribution in [-0.2, 0) is 4.79 Å². The zero-order valence-electron chi connectivity index (χ0n) is 12.8. The molecule has 2 heterocycles. The molecule has 2 amide bonds. The Bertz CT molecular complexity index is 481. The average molecular weight is 305 g/mol. The molecular formula is C16H23N3O3. The number of urea groups is 1. The zero-order chi connectivity index (χ0) is 16.2. The van der Waals surface area contributed by atoms with Crippen molar-refractivity contribution in [2.45, 2.75) is 32.1 Å². The van der Waals surface area contributed by atoms with Gasteiger partial charge >= 0.3 is 12.0 Å². The summed E-state index contributed by atoms with van der Waals surface area (Å²) in [7, 11) is 0. The van der Waals surface area contributed by atoms with Crippen LogP contribution in [0.25, 0.3) is 0 Å². The van der Waals surface area contributed by atoms with Gasteiger partial charge in [-0.05, 0) is 32.1 Å². The molecule has 2 aliphatic rings. The number of carbonyl (C=O) groups excluding carboxylic acids is 1. The number of allylic oxidation sites excluding steroid dienone is 1. The third-order valence-electron chi connectivity index (χ3n) is 4.93. The first-order valence-corrected chi connectivity index (χ1v) is 7.80. The van der Waals surface area contributed by atoms with Gasteiger partial charge in [0, 0.05) is 32.1 Å². The number of aliphatic carboxylic acids is 1. The number of rotatable bonds is 3. The summed E-state index contributed by atoms with van der Waals surface area (Å²) >= 11 is 0. The van der Waals surface area contributed by atoms with Gasteiger partial charge in [0.15, 0.2) is 0 Å². The molecule has 1 N–H and O–H groups in total. The van der Waals surface area contributed by atoms with Gasteiger partial charge < -0.3 is 14.9 Å². The number of piperidine rings is 2. The molecule has 22 heavy (non-hydrogen) atoms. The molecule has 6 heteroatoms. The fraction of sp³-hybridized carbons (Fsp3) is 0.688. The van der Waals surface area contributed by atoms with Crippen LogP contribution in [0.15, 0.2) is 12.7 Å². The molecule has 2 fully saturated rings. The quantitative estimate of drug-likeness (QED) is 0.809. The minimum absolute atomic E-state index is 0.0195. The van der Waals surface area contributed by atoms with Gasteiger partial charge in [-0.25, -0.2) is 4.79 Å². The van der Waals surface area contributed by atoms with Gasteiger partial charge in [-0.15, -0.1) is 6.58 Å². The lowest BCUT2D eigenvalue weighted by molar-refractivity contribution is -0.151. The highest BCUT2D eigenvalue weighted by molar-refractivity contribution is 5.77. The number of carboxylic acids is 1. The fourth-order valence-corrected chi connectivity index (χ4v) is 3.31. The summed E-state index contributed by atoms with van der Waals surface area (Å²) in [5.41, 5.74) is -0.771. The number of likely N-dealkylation sites (tertiary alicyclic amines) is 2. The molecule has 0 aromatic rings. The predicted molar refractivity (Wildman–Crippen MR) is 81.0 cm³/mol. The smallest absolute Gasteiger partial charge is 0.319 e. The van der Waals surface area contributed by atoms with E-state index in [1.165, 1.54) is 0 Å². The Hall–Kier alpha value is -2.03. The van der Waals surface area contributed by atoms with Crippen LogP contribution >= 0.6 is 0 Å². The Balaban J connectivity index is 1.91. The highest BCUT2D eigenvalue weighted by Gasteiger charge is 2.42. The Kier molecular flexibility index (Phi) is 5.07. The standard InChI is InChI=1S/C16H23N3O3/c1-2-5-16(14(20)21)6-10-19(11-7-16)15(22)18-8-3-13(12-17)4-9-18/h2,13H,1,3-11H2,(H,20,21). The molecule has 0 aromatic carbocycles. The summed E-state index contributed by atoms with van der Waals surface area (Å²) in [5.74, 6) is -0.744. The van der Waals surface area contributed by atoms with E-state index < -0.39 is 11.4 Å². The number of carbonyl (C=O) groups is 2. The van der Waals surface area contributed by atoms with Crippen molar-refractivity contribution in [3.05, 3.63) is 12.7 Å². The maximum absolute atomic E-state index is 12.5. The second kappa shape index (κ2) is 6.82. The first-order chi connectivity index (χ1) is 10.5. The monoisotopic (exact) mass is 305 g/mol. The third kappa shape index (κ3) is 3.24. The molecule has 120 valence electrons. The van der Waals surface area contributed by atoms with Crippen molar-refractivity contribution in [3.63, 3.8) is 0 Å². The van der Waals surface area contributed by atoms with E-state index in [0.717, 1.165) is 12.8 Å². The van der Waals surface area contributed by atoms with E-state index in [2.05, 4.69) is 12.6 Å². The summed E-state index contributed by atoms with van der Waals surface area (Å²) in [5, 5.41) is 18.4. The van der Waals surface area contributed by atoms with Crippen LogP contribution in [0.5, 0.6) is 0 Å². The van der Waals surface area contributed by atoms with Gasteiger partial charge in [-0.1, -0.05) is 6.08 Å². The lowest BCUT2D eigenvalue weighted by Gasteiger charge is -2.41.